The number of nitrogens with one attached hydrogen (secondary N) is 1. The molecule has 5 rings (SSSR count). The minimum atomic E-state index is 0.202. The van der Waals surface area contributed by atoms with E-state index < -0.39 is 0 Å². The molecule has 3 unspecified atom stereocenters. The molecule has 0 aromatic rings. The fourth-order valence-corrected chi connectivity index (χ4v) is 5.30. The van der Waals surface area contributed by atoms with Gasteiger partial charge in [0.15, 0.2) is 0 Å². The molecule has 2 nitrogen and oxygen atoms in total. The molecule has 5 bridgehead atoms. The summed E-state index contributed by atoms with van der Waals surface area (Å²) < 4.78 is 0. The topological polar surface area (TPSA) is 15.3 Å². The van der Waals surface area contributed by atoms with Gasteiger partial charge in [-0.2, -0.15) is 0 Å². The highest BCUT2D eigenvalue weighted by Crippen LogP contribution is 2.57. The van der Waals surface area contributed by atoms with Crippen LogP contribution in [0.2, 0.25) is 0 Å². The molecule has 116 valence electrons. The van der Waals surface area contributed by atoms with Gasteiger partial charge in [-0.3, -0.25) is 0 Å². The minimum absolute atomic E-state index is 0.202. The van der Waals surface area contributed by atoms with Crippen LogP contribution in [0.25, 0.3) is 0 Å². The first-order chi connectivity index (χ1) is 10.7. The van der Waals surface area contributed by atoms with E-state index in [-0.39, 0.29) is 5.41 Å². The van der Waals surface area contributed by atoms with E-state index in [1.54, 1.807) is 22.4 Å². The lowest BCUT2D eigenvalue weighted by Crippen LogP contribution is -2.45. The largest absolute Gasteiger partial charge is 0.371 e. The second-order valence-electron chi connectivity index (χ2n) is 8.09. The Kier molecular flexibility index (Phi) is 2.55. The summed E-state index contributed by atoms with van der Waals surface area (Å²) in [6.07, 6.45) is 15.8. The first kappa shape index (κ1) is 13.0. The molecule has 2 heteroatoms. The Morgan fingerprint density at radius 3 is 2.95 bits per heavy atom. The van der Waals surface area contributed by atoms with E-state index in [0.29, 0.717) is 12.0 Å². The van der Waals surface area contributed by atoms with Crippen LogP contribution in [-0.2, 0) is 0 Å². The number of fused-ring (bicyclic) bond motifs is 1. The van der Waals surface area contributed by atoms with Crippen molar-refractivity contribution in [2.75, 3.05) is 6.54 Å². The highest BCUT2D eigenvalue weighted by Gasteiger charge is 2.50. The molecule has 3 atom stereocenters. The molecule has 0 aromatic carbocycles. The van der Waals surface area contributed by atoms with Crippen LogP contribution in [0.4, 0.5) is 0 Å². The Balaban J connectivity index is 1.71. The average molecular weight is 294 g/mol. The Bertz CT molecular complexity index is 647. The molecule has 0 saturated heterocycles. The van der Waals surface area contributed by atoms with Crippen LogP contribution in [0.3, 0.4) is 0 Å². The summed E-state index contributed by atoms with van der Waals surface area (Å²) in [5.74, 6) is 1.65. The Labute approximate surface area is 133 Å². The van der Waals surface area contributed by atoms with E-state index in [1.165, 1.54) is 38.6 Å². The van der Waals surface area contributed by atoms with Crippen molar-refractivity contribution in [1.29, 1.82) is 0 Å². The van der Waals surface area contributed by atoms with Crippen LogP contribution in [0, 0.1) is 17.3 Å². The predicted octanol–water partition coefficient (Wildman–Crippen LogP) is 4.10. The molecule has 0 spiro atoms. The highest BCUT2D eigenvalue weighted by molar-refractivity contribution is 5.56. The van der Waals surface area contributed by atoms with Gasteiger partial charge in [-0.05, 0) is 67.4 Å². The van der Waals surface area contributed by atoms with Gasteiger partial charge in [-0.1, -0.05) is 25.5 Å². The number of rotatable bonds is 2. The summed E-state index contributed by atoms with van der Waals surface area (Å²) in [5.41, 5.74) is 6.83. The molecule has 5 aliphatic rings. The average Bonchev–Trinajstić information content (AvgIpc) is 3.24. The third-order valence-corrected chi connectivity index (χ3v) is 6.97. The van der Waals surface area contributed by atoms with Gasteiger partial charge in [0.05, 0.1) is 0 Å². The molecule has 2 heterocycles. The molecule has 3 aliphatic carbocycles. The zero-order valence-electron chi connectivity index (χ0n) is 13.7. The fraction of sp³-hybridized carbons (Fsp3) is 0.600. The van der Waals surface area contributed by atoms with Crippen LogP contribution >= 0.6 is 0 Å². The summed E-state index contributed by atoms with van der Waals surface area (Å²) >= 11 is 0. The van der Waals surface area contributed by atoms with E-state index in [2.05, 4.69) is 48.6 Å². The van der Waals surface area contributed by atoms with Crippen molar-refractivity contribution >= 4 is 0 Å². The predicted molar refractivity (Wildman–Crippen MR) is 89.8 cm³/mol. The van der Waals surface area contributed by atoms with E-state index in [1.807, 2.05) is 0 Å². The summed E-state index contributed by atoms with van der Waals surface area (Å²) in [7, 11) is 0. The molecular weight excluding hydrogens is 268 g/mol. The standard InChI is InChI=1S/C20H26N2/c1-13-19-11-16-15-7-9-21-10-8-20(13,2)17(15)5-6-18(16)22(19)12-14-3-4-14/h7-10,13-14,19,21H,3-6,11-12H2,1-2H3/b9-7-,10-8-. The molecule has 0 radical (unpaired) electrons. The lowest BCUT2D eigenvalue weighted by molar-refractivity contribution is 0.135. The molecule has 0 aromatic heterocycles. The number of likely N-dealkylation sites (tertiary alicyclic amines) is 1. The highest BCUT2D eigenvalue weighted by atomic mass is 15.2. The Morgan fingerprint density at radius 2 is 2.14 bits per heavy atom. The summed E-state index contributed by atoms with van der Waals surface area (Å²) in [5, 5.41) is 3.33. The monoisotopic (exact) mass is 294 g/mol. The van der Waals surface area contributed by atoms with Crippen LogP contribution in [0.1, 0.15) is 46.0 Å². The first-order valence-electron chi connectivity index (χ1n) is 9.01. The lowest BCUT2D eigenvalue weighted by atomic mass is 9.65. The smallest absolute Gasteiger partial charge is 0.0365 e. The zero-order valence-corrected chi connectivity index (χ0v) is 13.7. The van der Waals surface area contributed by atoms with Crippen molar-refractivity contribution in [3.8, 4) is 0 Å². The van der Waals surface area contributed by atoms with E-state index >= 15 is 0 Å². The van der Waals surface area contributed by atoms with Crippen molar-refractivity contribution in [1.82, 2.24) is 10.2 Å². The number of hydrogen-bond donors (Lipinski definition) is 1. The third kappa shape index (κ3) is 1.61. The molecular formula is C20H26N2. The van der Waals surface area contributed by atoms with Gasteiger partial charge in [0, 0.05) is 29.9 Å². The number of nitrogens with zero attached hydrogens (tertiary/aromatic N) is 1. The SMILES string of the molecule is CC1C2CC3=C(CCC4=C3/C=C\N/C=C\C41C)N2CC1CC1. The van der Waals surface area contributed by atoms with Gasteiger partial charge < -0.3 is 10.2 Å². The van der Waals surface area contributed by atoms with Gasteiger partial charge in [-0.25, -0.2) is 0 Å². The fourth-order valence-electron chi connectivity index (χ4n) is 5.30. The van der Waals surface area contributed by atoms with Gasteiger partial charge in [-0.15, -0.1) is 0 Å². The van der Waals surface area contributed by atoms with Crippen molar-refractivity contribution in [2.45, 2.75) is 52.0 Å². The molecule has 1 N–H and O–H groups in total. The van der Waals surface area contributed by atoms with E-state index in [4.69, 9.17) is 0 Å². The molecule has 1 saturated carbocycles. The maximum Gasteiger partial charge on any atom is 0.0365 e. The summed E-state index contributed by atoms with van der Waals surface area (Å²) in [4.78, 5) is 2.84. The molecule has 0 amide bonds. The van der Waals surface area contributed by atoms with Crippen molar-refractivity contribution in [2.24, 2.45) is 17.3 Å². The Morgan fingerprint density at radius 1 is 1.27 bits per heavy atom. The molecule has 2 aliphatic heterocycles. The van der Waals surface area contributed by atoms with Crippen LogP contribution in [-0.4, -0.2) is 17.5 Å². The summed E-state index contributed by atoms with van der Waals surface area (Å²) in [6, 6.07) is 0.708. The van der Waals surface area contributed by atoms with E-state index in [9.17, 15) is 0 Å². The van der Waals surface area contributed by atoms with Crippen molar-refractivity contribution in [3.63, 3.8) is 0 Å². The zero-order chi connectivity index (χ0) is 14.9. The van der Waals surface area contributed by atoms with Gasteiger partial charge in [0.2, 0.25) is 0 Å². The summed E-state index contributed by atoms with van der Waals surface area (Å²) in [6.45, 7) is 6.29. The van der Waals surface area contributed by atoms with Gasteiger partial charge >= 0.3 is 0 Å². The number of hydrogen-bond acceptors (Lipinski definition) is 2. The quantitative estimate of drug-likeness (QED) is 0.825. The van der Waals surface area contributed by atoms with Crippen LogP contribution in [0.5, 0.6) is 0 Å². The van der Waals surface area contributed by atoms with Crippen LogP contribution in [0.15, 0.2) is 47.0 Å². The van der Waals surface area contributed by atoms with Crippen LogP contribution < -0.4 is 5.32 Å². The third-order valence-electron chi connectivity index (χ3n) is 6.97. The van der Waals surface area contributed by atoms with Gasteiger partial charge in [0.1, 0.15) is 0 Å². The first-order valence-corrected chi connectivity index (χ1v) is 9.01. The second kappa shape index (κ2) is 4.31. The van der Waals surface area contributed by atoms with Gasteiger partial charge in [0.25, 0.3) is 0 Å². The normalized spacial score (nSPS) is 42.0. The maximum absolute atomic E-state index is 3.33. The van der Waals surface area contributed by atoms with E-state index in [0.717, 1.165) is 5.92 Å². The molecule has 22 heavy (non-hydrogen) atoms. The second-order valence-corrected chi connectivity index (χ2v) is 8.09. The Hall–Kier alpha value is -1.44. The minimum Gasteiger partial charge on any atom is -0.371 e. The number of allylic oxidation sites excluding steroid dienone is 5. The maximum atomic E-state index is 3.33. The van der Waals surface area contributed by atoms with Crippen molar-refractivity contribution in [3.05, 3.63) is 47.0 Å². The molecule has 1 fully saturated rings. The van der Waals surface area contributed by atoms with Crippen molar-refractivity contribution < 1.29 is 0 Å². The lowest BCUT2D eigenvalue weighted by Gasteiger charge is -2.47.